The number of thiophene rings is 1. The van der Waals surface area contributed by atoms with Gasteiger partial charge in [-0.1, -0.05) is 32.0 Å². The number of benzene rings is 2. The topological polar surface area (TPSA) is 137 Å². The van der Waals surface area contributed by atoms with Crippen molar-refractivity contribution < 1.29 is 27.5 Å². The van der Waals surface area contributed by atoms with Gasteiger partial charge in [-0.15, -0.1) is 11.3 Å². The van der Waals surface area contributed by atoms with Gasteiger partial charge in [0.15, 0.2) is 0 Å². The summed E-state index contributed by atoms with van der Waals surface area (Å²) < 4.78 is 38.7. The fraction of sp³-hybridized carbons (Fsp3) is 0.286. The Morgan fingerprint density at radius 2 is 1.71 bits per heavy atom. The zero-order valence-corrected chi connectivity index (χ0v) is 24.5. The second kappa shape index (κ2) is 13.1. The molecule has 0 bridgehead atoms. The lowest BCUT2D eigenvalue weighted by Crippen LogP contribution is -2.30. The average Bonchev–Trinajstić information content (AvgIpc) is 3.30. The number of hydrogen-bond donors (Lipinski definition) is 1. The smallest absolute Gasteiger partial charge is 0.348 e. The van der Waals surface area contributed by atoms with Crippen LogP contribution in [0.15, 0.2) is 70.6 Å². The zero-order valence-electron chi connectivity index (χ0n) is 22.8. The number of para-hydroxylation sites is 1. The summed E-state index contributed by atoms with van der Waals surface area (Å²) in [4.78, 5) is 43.5. The lowest BCUT2D eigenvalue weighted by atomic mass is 10.2. The normalized spacial score (nSPS) is 11.5. The molecule has 0 saturated carbocycles. The Morgan fingerprint density at radius 3 is 2.37 bits per heavy atom. The molecule has 1 amide bonds. The summed E-state index contributed by atoms with van der Waals surface area (Å²) >= 11 is 1.05. The number of carbonyl (C=O) groups is 2. The summed E-state index contributed by atoms with van der Waals surface area (Å²) in [5.74, 6) is -0.425. The predicted molar refractivity (Wildman–Crippen MR) is 156 cm³/mol. The summed E-state index contributed by atoms with van der Waals surface area (Å²) in [6.07, 6.45) is 1.25. The Hall–Kier alpha value is -4.07. The first-order chi connectivity index (χ1) is 19.6. The quantitative estimate of drug-likeness (QED) is 0.193. The van der Waals surface area contributed by atoms with Crippen LogP contribution in [0.3, 0.4) is 0 Å². The molecule has 41 heavy (non-hydrogen) atoms. The van der Waals surface area contributed by atoms with Crippen LogP contribution in [0.2, 0.25) is 0 Å². The van der Waals surface area contributed by atoms with Crippen molar-refractivity contribution in [3.8, 4) is 5.75 Å². The van der Waals surface area contributed by atoms with Gasteiger partial charge in [0.2, 0.25) is 15.9 Å². The molecule has 0 aliphatic carbocycles. The Bertz CT molecular complexity index is 1700. The van der Waals surface area contributed by atoms with Crippen LogP contribution >= 0.6 is 11.3 Å². The molecule has 1 N–H and O–H groups in total. The van der Waals surface area contributed by atoms with Crippen molar-refractivity contribution in [1.29, 1.82) is 0 Å². The second-order valence-electron chi connectivity index (χ2n) is 8.87. The van der Waals surface area contributed by atoms with Crippen molar-refractivity contribution in [2.24, 2.45) is 0 Å². The summed E-state index contributed by atoms with van der Waals surface area (Å²) in [5, 5.41) is 2.90. The molecule has 0 radical (unpaired) electrons. The minimum atomic E-state index is -3.62. The highest BCUT2D eigenvalue weighted by Gasteiger charge is 2.22. The van der Waals surface area contributed by atoms with E-state index in [0.717, 1.165) is 15.9 Å². The van der Waals surface area contributed by atoms with Crippen molar-refractivity contribution in [1.82, 2.24) is 13.9 Å². The van der Waals surface area contributed by atoms with E-state index in [0.29, 0.717) is 34.9 Å². The van der Waals surface area contributed by atoms with Crippen LogP contribution in [-0.4, -0.2) is 60.5 Å². The minimum Gasteiger partial charge on any atom is -0.490 e. The molecule has 0 atom stereocenters. The standard InChI is InChI=1S/C28H30N4O7S2/c1-4-32(5-2)41(36,37)22-13-11-20(12-14-22)30-23(33)17-31-18-29-26-24(27(31)34)19(3)25(40-26)28(35)39-16-15-38-21-9-7-6-8-10-21/h6-14,18H,4-5,15-17H2,1-3H3,(H,30,33). The van der Waals surface area contributed by atoms with Gasteiger partial charge in [0.1, 0.15) is 35.2 Å². The maximum Gasteiger partial charge on any atom is 0.348 e. The van der Waals surface area contributed by atoms with Gasteiger partial charge >= 0.3 is 5.97 Å². The number of ether oxygens (including phenoxy) is 2. The summed E-state index contributed by atoms with van der Waals surface area (Å²) in [7, 11) is -3.62. The van der Waals surface area contributed by atoms with E-state index < -0.39 is 27.5 Å². The Morgan fingerprint density at radius 1 is 1.02 bits per heavy atom. The number of anilines is 1. The van der Waals surface area contributed by atoms with E-state index in [-0.39, 0.29) is 34.9 Å². The number of esters is 1. The Kier molecular flexibility index (Phi) is 9.53. The molecule has 2 aromatic carbocycles. The lowest BCUT2D eigenvalue weighted by molar-refractivity contribution is -0.116. The van der Waals surface area contributed by atoms with Crippen LogP contribution in [0.1, 0.15) is 29.1 Å². The highest BCUT2D eigenvalue weighted by Crippen LogP contribution is 2.27. The van der Waals surface area contributed by atoms with Gasteiger partial charge in [-0.25, -0.2) is 18.2 Å². The van der Waals surface area contributed by atoms with Crippen molar-refractivity contribution in [2.45, 2.75) is 32.2 Å². The van der Waals surface area contributed by atoms with Gasteiger partial charge < -0.3 is 14.8 Å². The molecule has 2 heterocycles. The van der Waals surface area contributed by atoms with Crippen molar-refractivity contribution in [3.63, 3.8) is 0 Å². The number of fused-ring (bicyclic) bond motifs is 1. The number of rotatable bonds is 12. The van der Waals surface area contributed by atoms with E-state index in [1.54, 1.807) is 32.9 Å². The van der Waals surface area contributed by atoms with Crippen molar-refractivity contribution in [3.05, 3.63) is 81.7 Å². The van der Waals surface area contributed by atoms with Gasteiger partial charge in [0.05, 0.1) is 16.6 Å². The first-order valence-electron chi connectivity index (χ1n) is 12.9. The van der Waals surface area contributed by atoms with E-state index in [1.165, 1.54) is 34.9 Å². The van der Waals surface area contributed by atoms with E-state index >= 15 is 0 Å². The number of carbonyl (C=O) groups excluding carboxylic acids is 2. The molecule has 216 valence electrons. The number of sulfonamides is 1. The fourth-order valence-corrected chi connectivity index (χ4v) is 6.61. The molecule has 0 unspecified atom stereocenters. The molecule has 0 fully saturated rings. The van der Waals surface area contributed by atoms with Crippen LogP contribution < -0.4 is 15.6 Å². The maximum atomic E-state index is 13.2. The maximum absolute atomic E-state index is 13.2. The lowest BCUT2D eigenvalue weighted by Gasteiger charge is -2.18. The molecule has 11 nitrogen and oxygen atoms in total. The molecule has 4 aromatic rings. The van der Waals surface area contributed by atoms with E-state index in [2.05, 4.69) is 10.3 Å². The van der Waals surface area contributed by atoms with Crippen LogP contribution in [0.4, 0.5) is 5.69 Å². The van der Waals surface area contributed by atoms with Crippen LogP contribution in [0.25, 0.3) is 10.2 Å². The molecule has 13 heteroatoms. The number of aryl methyl sites for hydroxylation is 1. The molecule has 0 saturated heterocycles. The zero-order chi connectivity index (χ0) is 29.6. The molecule has 4 rings (SSSR count). The van der Waals surface area contributed by atoms with Gasteiger partial charge in [-0.2, -0.15) is 4.31 Å². The minimum absolute atomic E-state index is 0.0294. The van der Waals surface area contributed by atoms with Gasteiger partial charge in [-0.05, 0) is 48.9 Å². The third-order valence-electron chi connectivity index (χ3n) is 6.23. The summed E-state index contributed by atoms with van der Waals surface area (Å²) in [6.45, 7) is 5.73. The Balaban J connectivity index is 1.40. The average molecular weight is 599 g/mol. The highest BCUT2D eigenvalue weighted by atomic mass is 32.2. The van der Waals surface area contributed by atoms with Crippen molar-refractivity contribution >= 4 is 49.1 Å². The van der Waals surface area contributed by atoms with E-state index in [9.17, 15) is 22.8 Å². The number of hydrogen-bond acceptors (Lipinski definition) is 9. The van der Waals surface area contributed by atoms with E-state index in [1.807, 2.05) is 18.2 Å². The van der Waals surface area contributed by atoms with Crippen LogP contribution in [-0.2, 0) is 26.1 Å². The van der Waals surface area contributed by atoms with Gasteiger partial charge in [0, 0.05) is 18.8 Å². The van der Waals surface area contributed by atoms with Gasteiger partial charge in [-0.3, -0.25) is 14.2 Å². The molecule has 2 aromatic heterocycles. The molecule has 0 spiro atoms. The molecule has 0 aliphatic rings. The molecule has 0 aliphatic heterocycles. The van der Waals surface area contributed by atoms with Gasteiger partial charge in [0.25, 0.3) is 5.56 Å². The predicted octanol–water partition coefficient (Wildman–Crippen LogP) is 3.67. The second-order valence-corrected chi connectivity index (χ2v) is 11.8. The SMILES string of the molecule is CCN(CC)S(=O)(=O)c1ccc(NC(=O)Cn2cnc3sc(C(=O)OCCOc4ccccc4)c(C)c3c2=O)cc1. The Labute approximate surface area is 241 Å². The number of nitrogens with one attached hydrogen (secondary N) is 1. The van der Waals surface area contributed by atoms with Crippen molar-refractivity contribution in [2.75, 3.05) is 31.6 Å². The van der Waals surface area contributed by atoms with E-state index in [4.69, 9.17) is 9.47 Å². The molecular formula is C28H30N4O7S2. The summed E-state index contributed by atoms with van der Waals surface area (Å²) in [6, 6.07) is 15.0. The highest BCUT2D eigenvalue weighted by molar-refractivity contribution is 7.89. The summed E-state index contributed by atoms with van der Waals surface area (Å²) in [5.41, 5.74) is 0.339. The number of aromatic nitrogens is 2. The first kappa shape index (κ1) is 29.9. The van der Waals surface area contributed by atoms with Crippen LogP contribution in [0.5, 0.6) is 5.75 Å². The number of nitrogens with zero attached hydrogens (tertiary/aromatic N) is 3. The van der Waals surface area contributed by atoms with Crippen LogP contribution in [0, 0.1) is 6.92 Å². The third kappa shape index (κ3) is 6.81. The molecular weight excluding hydrogens is 568 g/mol. The largest absolute Gasteiger partial charge is 0.490 e. The fourth-order valence-electron chi connectivity index (χ4n) is 4.12. The number of amides is 1. The first-order valence-corrected chi connectivity index (χ1v) is 15.1. The third-order valence-corrected chi connectivity index (χ3v) is 9.47. The monoisotopic (exact) mass is 598 g/mol.